The molecule has 0 N–H and O–H groups in total. The smallest absolute Gasteiger partial charge is 0.305 e. The average molecular weight is 415 g/mol. The Morgan fingerprint density at radius 1 is 1.23 bits per heavy atom. The second-order valence-electron chi connectivity index (χ2n) is 11.3. The van der Waals surface area contributed by atoms with Crippen molar-refractivity contribution in [1.29, 1.82) is 0 Å². The van der Waals surface area contributed by atoms with Crippen LogP contribution in [0.5, 0.6) is 0 Å². The summed E-state index contributed by atoms with van der Waals surface area (Å²) in [6.45, 7) is 9.68. The topological polar surface area (TPSA) is 55.9 Å². The molecule has 4 aliphatic carbocycles. The van der Waals surface area contributed by atoms with Crippen molar-refractivity contribution in [2.75, 3.05) is 6.61 Å². The van der Waals surface area contributed by atoms with Gasteiger partial charge in [0.05, 0.1) is 12.7 Å². The van der Waals surface area contributed by atoms with Crippen molar-refractivity contribution >= 4 is 11.8 Å². The summed E-state index contributed by atoms with van der Waals surface area (Å²) in [7, 11) is 0. The number of epoxide rings is 1. The third-order valence-electron chi connectivity index (χ3n) is 10.1. The van der Waals surface area contributed by atoms with Gasteiger partial charge >= 0.3 is 5.97 Å². The number of carbonyl (C=O) groups is 2. The van der Waals surface area contributed by atoms with E-state index < -0.39 is 0 Å². The van der Waals surface area contributed by atoms with E-state index >= 15 is 0 Å². The highest BCUT2D eigenvalue weighted by Crippen LogP contribution is 2.70. The Balaban J connectivity index is 1.35. The van der Waals surface area contributed by atoms with Gasteiger partial charge in [-0.1, -0.05) is 20.8 Å². The third kappa shape index (κ3) is 2.96. The Labute approximate surface area is 181 Å². The van der Waals surface area contributed by atoms with Gasteiger partial charge in [-0.3, -0.25) is 9.59 Å². The number of rotatable bonds is 5. The lowest BCUT2D eigenvalue weighted by Crippen LogP contribution is -2.53. The number of carbonyl (C=O) groups excluding carboxylic acids is 2. The molecular formula is C26H38O4. The average Bonchev–Trinajstić information content (AvgIpc) is 3.42. The molecule has 5 rings (SSSR count). The third-order valence-corrected chi connectivity index (χ3v) is 10.1. The van der Waals surface area contributed by atoms with Crippen molar-refractivity contribution in [1.82, 2.24) is 0 Å². The molecule has 166 valence electrons. The molecule has 1 saturated heterocycles. The van der Waals surface area contributed by atoms with Crippen molar-refractivity contribution < 1.29 is 19.1 Å². The molecular weight excluding hydrogens is 376 g/mol. The van der Waals surface area contributed by atoms with Gasteiger partial charge in [-0.15, -0.1) is 0 Å². The van der Waals surface area contributed by atoms with E-state index in [0.717, 1.165) is 18.8 Å². The van der Waals surface area contributed by atoms with Crippen molar-refractivity contribution in [2.24, 2.45) is 40.4 Å². The number of hydrogen-bond donors (Lipinski definition) is 0. The lowest BCUT2D eigenvalue weighted by molar-refractivity contribution is -0.143. The van der Waals surface area contributed by atoms with Crippen LogP contribution in [0.25, 0.3) is 0 Å². The molecule has 0 amide bonds. The van der Waals surface area contributed by atoms with E-state index in [1.807, 2.05) is 13.0 Å². The largest absolute Gasteiger partial charge is 0.466 e. The molecule has 5 aliphatic rings. The number of ketones is 1. The minimum atomic E-state index is -0.0478. The summed E-state index contributed by atoms with van der Waals surface area (Å²) in [5.41, 5.74) is 1.84. The molecule has 4 nitrogen and oxygen atoms in total. The maximum absolute atomic E-state index is 12.1. The molecule has 0 radical (unpaired) electrons. The molecule has 0 aromatic carbocycles. The lowest BCUT2D eigenvalue weighted by atomic mass is 9.46. The monoisotopic (exact) mass is 414 g/mol. The van der Waals surface area contributed by atoms with Crippen LogP contribution in [0.15, 0.2) is 11.6 Å². The molecule has 0 bridgehead atoms. The SMILES string of the molecule is CCOC(=O)CC[C@@H](C)[C@H]1CCC2C3C(CC[C@@]21C)[C@@]1(C)CCC(=O)C=C1[C@@H]1O[C@H]31. The highest BCUT2D eigenvalue weighted by atomic mass is 16.6. The first-order valence-corrected chi connectivity index (χ1v) is 12.4. The van der Waals surface area contributed by atoms with Gasteiger partial charge in [-0.25, -0.2) is 0 Å². The van der Waals surface area contributed by atoms with E-state index in [9.17, 15) is 9.59 Å². The van der Waals surface area contributed by atoms with Gasteiger partial charge in [0, 0.05) is 12.8 Å². The second-order valence-corrected chi connectivity index (χ2v) is 11.3. The molecule has 1 heterocycles. The number of ether oxygens (including phenoxy) is 2. The van der Waals surface area contributed by atoms with E-state index in [1.54, 1.807) is 0 Å². The predicted molar refractivity (Wildman–Crippen MR) is 115 cm³/mol. The van der Waals surface area contributed by atoms with E-state index in [4.69, 9.17) is 9.47 Å². The fraction of sp³-hybridized carbons (Fsp3) is 0.846. The summed E-state index contributed by atoms with van der Waals surface area (Å²) >= 11 is 0. The van der Waals surface area contributed by atoms with Gasteiger partial charge < -0.3 is 9.47 Å². The van der Waals surface area contributed by atoms with Crippen LogP contribution < -0.4 is 0 Å². The van der Waals surface area contributed by atoms with Gasteiger partial charge in [0.2, 0.25) is 0 Å². The standard InChI is InChI=1S/C26H38O4/c1-5-29-21(28)9-6-15(2)17-7-8-18-22-19(11-13-25(17,18)3)26(4)12-10-16(27)14-20(26)23-24(22)30-23/h14-15,17-19,22-24H,5-13H2,1-4H3/t15-,17-,18?,19?,22?,23+,24-,25-,26-/m1/s1. The van der Waals surface area contributed by atoms with E-state index in [2.05, 4.69) is 20.8 Å². The van der Waals surface area contributed by atoms with Crippen LogP contribution >= 0.6 is 0 Å². The lowest BCUT2D eigenvalue weighted by Gasteiger charge is -2.57. The molecule has 1 aliphatic heterocycles. The van der Waals surface area contributed by atoms with Crippen LogP contribution in [-0.4, -0.2) is 30.6 Å². The first-order chi connectivity index (χ1) is 14.3. The van der Waals surface area contributed by atoms with Crippen LogP contribution in [0.1, 0.15) is 79.1 Å². The van der Waals surface area contributed by atoms with E-state index in [1.165, 1.54) is 31.3 Å². The van der Waals surface area contributed by atoms with Gasteiger partial charge in [-0.2, -0.15) is 0 Å². The Morgan fingerprint density at radius 2 is 2.03 bits per heavy atom. The van der Waals surface area contributed by atoms with Gasteiger partial charge in [0.1, 0.15) is 6.10 Å². The number of hydrogen-bond acceptors (Lipinski definition) is 4. The van der Waals surface area contributed by atoms with Crippen LogP contribution in [0.3, 0.4) is 0 Å². The van der Waals surface area contributed by atoms with Crippen molar-refractivity contribution in [3.63, 3.8) is 0 Å². The van der Waals surface area contributed by atoms with Crippen molar-refractivity contribution in [3.05, 3.63) is 11.6 Å². The maximum Gasteiger partial charge on any atom is 0.305 e. The van der Waals surface area contributed by atoms with E-state index in [-0.39, 0.29) is 17.5 Å². The Hall–Kier alpha value is -1.16. The molecule has 3 saturated carbocycles. The summed E-state index contributed by atoms with van der Waals surface area (Å²) in [6.07, 6.45) is 10.8. The van der Waals surface area contributed by atoms with E-state index in [0.29, 0.717) is 60.4 Å². The van der Waals surface area contributed by atoms with Gasteiger partial charge in [0.25, 0.3) is 0 Å². The first kappa shape index (κ1) is 20.7. The Bertz CT molecular complexity index is 771. The fourth-order valence-electron chi connectivity index (χ4n) is 8.56. The zero-order valence-corrected chi connectivity index (χ0v) is 19.1. The first-order valence-electron chi connectivity index (χ1n) is 12.4. The Morgan fingerprint density at radius 3 is 2.80 bits per heavy atom. The Kier molecular flexibility index (Phi) is 4.96. The molecule has 4 fully saturated rings. The molecule has 30 heavy (non-hydrogen) atoms. The summed E-state index contributed by atoms with van der Waals surface area (Å²) in [5.74, 6) is 3.52. The van der Waals surface area contributed by atoms with Crippen LogP contribution in [-0.2, 0) is 19.1 Å². The van der Waals surface area contributed by atoms with Gasteiger partial charge in [0.15, 0.2) is 5.78 Å². The highest BCUT2D eigenvalue weighted by molar-refractivity contribution is 5.92. The summed E-state index contributed by atoms with van der Waals surface area (Å²) in [6, 6.07) is 0. The normalized spacial score (nSPS) is 47.3. The molecule has 0 aromatic rings. The molecule has 3 unspecified atom stereocenters. The molecule has 0 spiro atoms. The molecule has 0 aromatic heterocycles. The summed E-state index contributed by atoms with van der Waals surface area (Å²) < 4.78 is 11.5. The second kappa shape index (κ2) is 7.18. The zero-order chi connectivity index (χ0) is 21.3. The number of fused-ring (bicyclic) bond motifs is 8. The fourth-order valence-corrected chi connectivity index (χ4v) is 8.56. The maximum atomic E-state index is 12.1. The van der Waals surface area contributed by atoms with Crippen molar-refractivity contribution in [2.45, 2.75) is 91.3 Å². The minimum absolute atomic E-state index is 0.0478. The van der Waals surface area contributed by atoms with Crippen LogP contribution in [0.2, 0.25) is 0 Å². The summed E-state index contributed by atoms with van der Waals surface area (Å²) in [4.78, 5) is 24.0. The van der Waals surface area contributed by atoms with Gasteiger partial charge in [-0.05, 0) is 97.5 Å². The number of esters is 1. The van der Waals surface area contributed by atoms with Crippen LogP contribution in [0.4, 0.5) is 0 Å². The van der Waals surface area contributed by atoms with Crippen molar-refractivity contribution in [3.8, 4) is 0 Å². The van der Waals surface area contributed by atoms with Crippen LogP contribution in [0, 0.1) is 40.4 Å². The zero-order valence-electron chi connectivity index (χ0n) is 19.1. The predicted octanol–water partition coefficient (Wildman–Crippen LogP) is 5.10. The highest BCUT2D eigenvalue weighted by Gasteiger charge is 2.69. The molecule has 4 heteroatoms. The summed E-state index contributed by atoms with van der Waals surface area (Å²) in [5, 5.41) is 0. The quantitative estimate of drug-likeness (QED) is 0.464. The molecule has 9 atom stereocenters. The minimum Gasteiger partial charge on any atom is -0.466 e.